The van der Waals surface area contributed by atoms with Gasteiger partial charge in [-0.3, -0.25) is 19.4 Å². The zero-order chi connectivity index (χ0) is 28.5. The zero-order valence-electron chi connectivity index (χ0n) is 24.1. The maximum atomic E-state index is 13.7. The third kappa shape index (κ3) is 8.16. The smallest absolute Gasteiger partial charge is 0.252 e. The number of methoxy groups -OCH3 is 1. The number of benzene rings is 1. The molecule has 4 rings (SSSR count). The van der Waals surface area contributed by atoms with Crippen molar-refractivity contribution < 1.29 is 14.3 Å². The molecule has 40 heavy (non-hydrogen) atoms. The topological polar surface area (TPSA) is 72.5 Å². The Labute approximate surface area is 243 Å². The van der Waals surface area contributed by atoms with Crippen molar-refractivity contribution >= 4 is 34.9 Å². The Morgan fingerprint density at radius 3 is 2.48 bits per heavy atom. The van der Waals surface area contributed by atoms with Gasteiger partial charge in [0.05, 0.1) is 5.69 Å². The van der Waals surface area contributed by atoms with E-state index in [9.17, 15) is 9.59 Å². The Morgan fingerprint density at radius 2 is 1.77 bits per heavy atom. The lowest BCUT2D eigenvalue weighted by molar-refractivity contribution is -0.132. The van der Waals surface area contributed by atoms with Crippen molar-refractivity contribution in [2.24, 2.45) is 0 Å². The maximum Gasteiger partial charge on any atom is 0.252 e. The van der Waals surface area contributed by atoms with Crippen molar-refractivity contribution in [2.75, 3.05) is 82.4 Å². The van der Waals surface area contributed by atoms with Gasteiger partial charge in [0.25, 0.3) is 5.91 Å². The van der Waals surface area contributed by atoms with Crippen molar-refractivity contribution in [1.82, 2.24) is 19.7 Å². The van der Waals surface area contributed by atoms with Crippen LogP contribution in [0.2, 0.25) is 5.02 Å². The second-order valence-corrected chi connectivity index (χ2v) is 11.3. The molecule has 218 valence electrons. The molecule has 0 atom stereocenters. The number of hydrogen-bond acceptors (Lipinski definition) is 7. The van der Waals surface area contributed by atoms with E-state index in [1.807, 2.05) is 47.5 Å². The van der Waals surface area contributed by atoms with Crippen LogP contribution in [0.25, 0.3) is 0 Å². The molecular formula is C30H43ClN6O3. The van der Waals surface area contributed by atoms with Crippen molar-refractivity contribution in [2.45, 2.75) is 39.3 Å². The molecule has 0 bridgehead atoms. The first-order valence-electron chi connectivity index (χ1n) is 14.3. The minimum absolute atomic E-state index is 0.00388. The van der Waals surface area contributed by atoms with Gasteiger partial charge in [0.15, 0.2) is 0 Å². The van der Waals surface area contributed by atoms with Gasteiger partial charge in [-0.15, -0.1) is 0 Å². The number of fused-ring (bicyclic) bond motifs is 1. The lowest BCUT2D eigenvalue weighted by Crippen LogP contribution is -2.48. The average Bonchev–Trinajstić information content (AvgIpc) is 2.99. The SMILES string of the molecule is COCC(=O)N1CCCN(C(C)C)CCN(C(=O)CCN2CCN(c3ccccn3)CC2)Cc2ccc(Cl)cc21. The number of piperazine rings is 1. The second-order valence-electron chi connectivity index (χ2n) is 10.8. The first-order valence-corrected chi connectivity index (χ1v) is 14.7. The molecule has 0 spiro atoms. The van der Waals surface area contributed by atoms with E-state index in [1.165, 1.54) is 7.11 Å². The van der Waals surface area contributed by atoms with Gasteiger partial charge in [-0.25, -0.2) is 4.98 Å². The monoisotopic (exact) mass is 570 g/mol. The quantitative estimate of drug-likeness (QED) is 0.505. The molecule has 1 saturated heterocycles. The molecule has 10 heteroatoms. The predicted octanol–water partition coefficient (Wildman–Crippen LogP) is 3.37. The lowest BCUT2D eigenvalue weighted by Gasteiger charge is -2.35. The van der Waals surface area contributed by atoms with Crippen LogP contribution in [0.1, 0.15) is 32.3 Å². The minimum Gasteiger partial charge on any atom is -0.375 e. The van der Waals surface area contributed by atoms with Gasteiger partial charge < -0.3 is 19.4 Å². The Balaban J connectivity index is 1.47. The molecule has 0 radical (unpaired) electrons. The summed E-state index contributed by atoms with van der Waals surface area (Å²) in [7, 11) is 1.53. The van der Waals surface area contributed by atoms with E-state index in [-0.39, 0.29) is 18.4 Å². The van der Waals surface area contributed by atoms with Crippen molar-refractivity contribution in [1.29, 1.82) is 0 Å². The Hall–Kier alpha value is -2.72. The van der Waals surface area contributed by atoms with E-state index in [1.54, 1.807) is 4.90 Å². The molecule has 0 saturated carbocycles. The number of pyridine rings is 1. The van der Waals surface area contributed by atoms with Crippen molar-refractivity contribution in [3.05, 3.63) is 53.2 Å². The number of hydrogen-bond donors (Lipinski definition) is 0. The summed E-state index contributed by atoms with van der Waals surface area (Å²) in [5.41, 5.74) is 1.68. The fourth-order valence-corrected chi connectivity index (χ4v) is 5.63. The van der Waals surface area contributed by atoms with Crippen molar-refractivity contribution in [3.8, 4) is 0 Å². The number of ether oxygens (including phenoxy) is 1. The molecule has 1 aromatic carbocycles. The molecule has 2 aliphatic heterocycles. The number of carbonyl (C=O) groups is 2. The predicted molar refractivity (Wildman–Crippen MR) is 160 cm³/mol. The molecule has 1 fully saturated rings. The average molecular weight is 571 g/mol. The van der Waals surface area contributed by atoms with E-state index < -0.39 is 0 Å². The van der Waals surface area contributed by atoms with Gasteiger partial charge in [0, 0.05) is 96.2 Å². The first-order chi connectivity index (χ1) is 19.4. The van der Waals surface area contributed by atoms with E-state index in [4.69, 9.17) is 16.3 Å². The molecule has 2 aliphatic rings. The van der Waals surface area contributed by atoms with Crippen LogP contribution in [0.15, 0.2) is 42.6 Å². The van der Waals surface area contributed by atoms with Crippen LogP contribution in [-0.4, -0.2) is 110 Å². The summed E-state index contributed by atoms with van der Waals surface area (Å²) >= 11 is 6.40. The molecule has 0 aliphatic carbocycles. The summed E-state index contributed by atoms with van der Waals surface area (Å²) in [6.45, 7) is 12.0. The number of anilines is 2. The van der Waals surface area contributed by atoms with Gasteiger partial charge >= 0.3 is 0 Å². The van der Waals surface area contributed by atoms with E-state index >= 15 is 0 Å². The number of aromatic nitrogens is 1. The molecule has 9 nitrogen and oxygen atoms in total. The number of amides is 2. The Bertz CT molecular complexity index is 1110. The maximum absolute atomic E-state index is 13.7. The van der Waals surface area contributed by atoms with Gasteiger partial charge in [-0.05, 0) is 50.1 Å². The molecular weight excluding hydrogens is 528 g/mol. The summed E-state index contributed by atoms with van der Waals surface area (Å²) in [6, 6.07) is 12.0. The van der Waals surface area contributed by atoms with Crippen LogP contribution in [-0.2, 0) is 20.9 Å². The molecule has 2 aromatic rings. The number of nitrogens with zero attached hydrogens (tertiary/aromatic N) is 6. The van der Waals surface area contributed by atoms with Gasteiger partial charge in [0.1, 0.15) is 12.4 Å². The molecule has 0 N–H and O–H groups in total. The van der Waals surface area contributed by atoms with Crippen LogP contribution in [0, 0.1) is 0 Å². The third-order valence-corrected chi connectivity index (χ3v) is 8.06. The summed E-state index contributed by atoms with van der Waals surface area (Å²) in [6.07, 6.45) is 3.10. The second kappa shape index (κ2) is 14.8. The third-order valence-electron chi connectivity index (χ3n) is 7.82. The zero-order valence-corrected chi connectivity index (χ0v) is 24.9. The normalized spacial score (nSPS) is 18.0. The van der Waals surface area contributed by atoms with Gasteiger partial charge in [-0.1, -0.05) is 23.7 Å². The Morgan fingerprint density at radius 1 is 0.975 bits per heavy atom. The first kappa shape index (κ1) is 30.2. The standard InChI is InChI=1S/C30H43ClN6O3/c1-24(2)34-12-6-13-37(30(39)23-40-3)27-21-26(31)9-8-25(27)22-36(20-19-34)29(38)10-14-33-15-17-35(18-16-33)28-7-4-5-11-32-28/h4-5,7-9,11,21,24H,6,10,12-20,22-23H2,1-3H3. The molecule has 0 unspecified atom stereocenters. The Kier molecular flexibility index (Phi) is 11.2. The van der Waals surface area contributed by atoms with Crippen LogP contribution in [0.3, 0.4) is 0 Å². The summed E-state index contributed by atoms with van der Waals surface area (Å²) in [5, 5.41) is 0.565. The minimum atomic E-state index is -0.107. The van der Waals surface area contributed by atoms with Gasteiger partial charge in [0.2, 0.25) is 5.91 Å². The largest absolute Gasteiger partial charge is 0.375 e. The van der Waals surface area contributed by atoms with Crippen molar-refractivity contribution in [3.63, 3.8) is 0 Å². The highest BCUT2D eigenvalue weighted by Gasteiger charge is 2.25. The number of carbonyl (C=O) groups excluding carboxylic acids is 2. The van der Waals surface area contributed by atoms with Crippen LogP contribution in [0.5, 0.6) is 0 Å². The number of rotatable bonds is 7. The van der Waals surface area contributed by atoms with Crippen LogP contribution < -0.4 is 9.80 Å². The van der Waals surface area contributed by atoms with Crippen LogP contribution in [0.4, 0.5) is 11.5 Å². The fourth-order valence-electron chi connectivity index (χ4n) is 5.46. The highest BCUT2D eigenvalue weighted by Crippen LogP contribution is 2.28. The number of halogens is 1. The summed E-state index contributed by atoms with van der Waals surface area (Å²) in [4.78, 5) is 42.0. The summed E-state index contributed by atoms with van der Waals surface area (Å²) in [5.74, 6) is 1.03. The molecule has 3 heterocycles. The fraction of sp³-hybridized carbons (Fsp3) is 0.567. The van der Waals surface area contributed by atoms with Crippen LogP contribution >= 0.6 is 11.6 Å². The lowest BCUT2D eigenvalue weighted by atomic mass is 10.1. The molecule has 2 amide bonds. The van der Waals surface area contributed by atoms with E-state index in [0.717, 1.165) is 69.3 Å². The summed E-state index contributed by atoms with van der Waals surface area (Å²) < 4.78 is 5.18. The van der Waals surface area contributed by atoms with E-state index in [2.05, 4.69) is 33.5 Å². The van der Waals surface area contributed by atoms with E-state index in [0.29, 0.717) is 37.1 Å². The highest BCUT2D eigenvalue weighted by atomic mass is 35.5. The molecule has 1 aromatic heterocycles. The highest BCUT2D eigenvalue weighted by molar-refractivity contribution is 6.31. The van der Waals surface area contributed by atoms with Gasteiger partial charge in [-0.2, -0.15) is 0 Å².